The summed E-state index contributed by atoms with van der Waals surface area (Å²) in [5, 5.41) is 0. The lowest BCUT2D eigenvalue weighted by atomic mass is 10.1. The molecule has 2 aliphatic rings. The highest BCUT2D eigenvalue weighted by Gasteiger charge is 2.36. The van der Waals surface area contributed by atoms with Crippen LogP contribution in [0.4, 0.5) is 9.59 Å². The molecule has 6 rings (SSSR count). The molecule has 266 valence electrons. The molecule has 2 atom stereocenters. The van der Waals surface area contributed by atoms with Crippen LogP contribution in [0, 0.1) is 0 Å². The van der Waals surface area contributed by atoms with E-state index in [1.165, 1.54) is 0 Å². The van der Waals surface area contributed by atoms with E-state index < -0.39 is 11.2 Å². The fourth-order valence-electron chi connectivity index (χ4n) is 6.11. The number of rotatable bonds is 5. The van der Waals surface area contributed by atoms with Gasteiger partial charge >= 0.3 is 12.2 Å². The molecule has 4 heterocycles. The Morgan fingerprint density at radius 1 is 0.776 bits per heavy atom. The molecule has 2 aromatic carbocycles. The third kappa shape index (κ3) is 9.42. The fraction of sp³-hybridized carbons (Fsp3) is 0.459. The highest BCUT2D eigenvalue weighted by Crippen LogP contribution is 2.34. The van der Waals surface area contributed by atoms with Gasteiger partial charge in [-0.3, -0.25) is 9.80 Å². The van der Waals surface area contributed by atoms with Crippen LogP contribution in [-0.2, 0) is 9.47 Å². The van der Waals surface area contributed by atoms with E-state index in [2.05, 4.69) is 57.4 Å². The number of aromatic amines is 2. The summed E-state index contributed by atoms with van der Waals surface area (Å²) in [5.41, 5.74) is 4.79. The van der Waals surface area contributed by atoms with Gasteiger partial charge in [0.2, 0.25) is 0 Å². The summed E-state index contributed by atoms with van der Waals surface area (Å²) in [6.07, 6.45) is 8.95. The number of nitrogens with zero attached hydrogens (tertiary/aromatic N) is 4. The Morgan fingerprint density at radius 2 is 1.31 bits per heavy atom. The average molecular weight is 709 g/mol. The summed E-state index contributed by atoms with van der Waals surface area (Å²) in [7, 11) is 0. The van der Waals surface area contributed by atoms with Crippen LogP contribution >= 0.6 is 27.0 Å². The summed E-state index contributed by atoms with van der Waals surface area (Å²) >= 11 is 0. The van der Waals surface area contributed by atoms with Crippen molar-refractivity contribution in [3.63, 3.8) is 0 Å². The van der Waals surface area contributed by atoms with Crippen molar-refractivity contribution in [1.29, 1.82) is 0 Å². The second-order valence-electron chi connectivity index (χ2n) is 14.2. The Hall–Kier alpha value is -3.90. The van der Waals surface area contributed by atoms with Gasteiger partial charge in [0, 0.05) is 13.1 Å². The topological polar surface area (TPSA) is 116 Å². The van der Waals surface area contributed by atoms with E-state index in [0.717, 1.165) is 70.7 Å². The molecular weight excluding hydrogens is 657 g/mol. The predicted octanol–water partition coefficient (Wildman–Crippen LogP) is 9.13. The monoisotopic (exact) mass is 708 g/mol. The van der Waals surface area contributed by atoms with Gasteiger partial charge in [-0.05, 0) is 96.0 Å². The summed E-state index contributed by atoms with van der Waals surface area (Å²) < 4.78 is 11.3. The van der Waals surface area contributed by atoms with Gasteiger partial charge in [-0.2, -0.15) is 27.0 Å². The molecule has 0 aliphatic carbocycles. The van der Waals surface area contributed by atoms with Crippen LogP contribution in [-0.4, -0.2) is 66.2 Å². The minimum Gasteiger partial charge on any atom is -0.444 e. The summed E-state index contributed by atoms with van der Waals surface area (Å²) in [4.78, 5) is 45.4. The van der Waals surface area contributed by atoms with Crippen LogP contribution in [0.15, 0.2) is 48.7 Å². The first kappa shape index (κ1) is 39.5. The van der Waals surface area contributed by atoms with Crippen molar-refractivity contribution < 1.29 is 19.1 Å². The Labute approximate surface area is 304 Å². The van der Waals surface area contributed by atoms with Crippen LogP contribution in [0.1, 0.15) is 110 Å². The third-order valence-electron chi connectivity index (χ3n) is 8.20. The van der Waals surface area contributed by atoms with Crippen LogP contribution in [0.25, 0.3) is 34.4 Å². The third-order valence-corrected chi connectivity index (χ3v) is 8.20. The molecule has 10 nitrogen and oxygen atoms in total. The van der Waals surface area contributed by atoms with Gasteiger partial charge in [0.1, 0.15) is 22.9 Å². The van der Waals surface area contributed by atoms with Gasteiger partial charge in [0.05, 0.1) is 35.0 Å². The quantitative estimate of drug-likeness (QED) is 0.200. The second kappa shape index (κ2) is 15.8. The van der Waals surface area contributed by atoms with Crippen molar-refractivity contribution in [2.75, 3.05) is 13.1 Å². The molecule has 2 N–H and O–H groups in total. The van der Waals surface area contributed by atoms with Crippen molar-refractivity contribution >= 4 is 62.4 Å². The van der Waals surface area contributed by atoms with Crippen molar-refractivity contribution in [2.24, 2.45) is 0 Å². The zero-order valence-electron chi connectivity index (χ0n) is 28.6. The van der Waals surface area contributed by atoms with E-state index in [-0.39, 0.29) is 58.7 Å². The molecule has 0 spiro atoms. The normalized spacial score (nSPS) is 17.8. The van der Waals surface area contributed by atoms with E-state index in [9.17, 15) is 9.59 Å². The summed E-state index contributed by atoms with van der Waals surface area (Å²) in [5.74, 6) is 1.58. The highest BCUT2D eigenvalue weighted by molar-refractivity contribution is 7.59. The number of fused-ring (bicyclic) bond motifs is 1. The lowest BCUT2D eigenvalue weighted by Crippen LogP contribution is -2.36. The molecule has 12 heteroatoms. The standard InChI is InChI=1S/C36H44N6O4.CH4.2H2S/c1-35(2,3)45-33(43)41-19-7-9-29(41)31-37-22-28(40-31)25-16-13-23(14-17-25)11-12-24-15-18-26-27(21-24)39-32(38-26)30-10-8-20-42(30)34(44)46-36(4,5)6;;;/h11-18,21-22,29-30H,7-10,19-20H2,1-6H3,(H,37,40)(H,38,39);1H4;2*1H2/b12-11+;;;/t29-,30-;;;/m0.../s1. The maximum atomic E-state index is 12.8. The molecule has 2 saturated heterocycles. The molecule has 0 radical (unpaired) electrons. The van der Waals surface area contributed by atoms with Gasteiger partial charge < -0.3 is 19.4 Å². The zero-order valence-corrected chi connectivity index (χ0v) is 30.6. The van der Waals surface area contributed by atoms with Gasteiger partial charge in [-0.1, -0.05) is 49.9 Å². The Morgan fingerprint density at radius 3 is 1.88 bits per heavy atom. The summed E-state index contributed by atoms with van der Waals surface area (Å²) in [6, 6.07) is 14.2. The number of aromatic nitrogens is 4. The number of likely N-dealkylation sites (tertiary alicyclic amines) is 2. The van der Waals surface area contributed by atoms with E-state index in [1.807, 2.05) is 59.9 Å². The molecule has 4 aromatic rings. The molecule has 0 saturated carbocycles. The van der Waals surface area contributed by atoms with Gasteiger partial charge in [0.15, 0.2) is 0 Å². The molecule has 2 fully saturated rings. The van der Waals surface area contributed by atoms with E-state index in [0.29, 0.717) is 13.1 Å². The zero-order chi connectivity index (χ0) is 32.6. The predicted molar refractivity (Wildman–Crippen MR) is 206 cm³/mol. The van der Waals surface area contributed by atoms with Crippen LogP contribution in [0.2, 0.25) is 0 Å². The number of carbonyl (C=O) groups is 2. The number of H-pyrrole nitrogens is 2. The summed E-state index contributed by atoms with van der Waals surface area (Å²) in [6.45, 7) is 12.6. The first-order valence-corrected chi connectivity index (χ1v) is 16.2. The number of benzene rings is 2. The molecular formula is C37H52N6O4S2. The van der Waals surface area contributed by atoms with E-state index in [4.69, 9.17) is 14.5 Å². The Bertz CT molecular complexity index is 1750. The molecule has 0 unspecified atom stereocenters. The van der Waals surface area contributed by atoms with Crippen LogP contribution < -0.4 is 0 Å². The number of hydrogen-bond acceptors (Lipinski definition) is 6. The smallest absolute Gasteiger partial charge is 0.410 e. The Balaban J connectivity index is 0.00000217. The van der Waals surface area contributed by atoms with E-state index in [1.54, 1.807) is 9.80 Å². The number of carbonyl (C=O) groups excluding carboxylic acids is 2. The van der Waals surface area contributed by atoms with Crippen LogP contribution in [0.5, 0.6) is 0 Å². The maximum absolute atomic E-state index is 12.8. The van der Waals surface area contributed by atoms with E-state index >= 15 is 0 Å². The van der Waals surface area contributed by atoms with Crippen LogP contribution in [0.3, 0.4) is 0 Å². The number of hydrogen-bond donors (Lipinski definition) is 2. The number of ether oxygens (including phenoxy) is 2. The minimum atomic E-state index is -0.537. The Kier molecular flexibility index (Phi) is 12.7. The van der Waals surface area contributed by atoms with Gasteiger partial charge in [0.25, 0.3) is 0 Å². The molecule has 0 bridgehead atoms. The number of amides is 2. The molecule has 2 aromatic heterocycles. The first-order chi connectivity index (χ1) is 21.8. The van der Waals surface area contributed by atoms with Gasteiger partial charge in [-0.25, -0.2) is 19.6 Å². The molecule has 2 aliphatic heterocycles. The lowest BCUT2D eigenvalue weighted by Gasteiger charge is -2.27. The first-order valence-electron chi connectivity index (χ1n) is 16.2. The molecule has 49 heavy (non-hydrogen) atoms. The molecule has 2 amide bonds. The average Bonchev–Trinajstić information content (AvgIpc) is 3.79. The largest absolute Gasteiger partial charge is 0.444 e. The van der Waals surface area contributed by atoms with Crippen molar-refractivity contribution in [3.8, 4) is 11.3 Å². The fourth-order valence-corrected chi connectivity index (χ4v) is 6.11. The SMILES string of the molecule is C.CC(C)(C)OC(=O)N1CCC[C@H]1c1ncc(-c2ccc(/C=C/c3ccc4nc([C@@H]5CCCN5C(=O)OC(C)(C)C)[nH]c4c3)cc2)[nH]1.S.S. The minimum absolute atomic E-state index is 0. The van der Waals surface area contributed by atoms with Crippen molar-refractivity contribution in [2.45, 2.75) is 97.9 Å². The van der Waals surface area contributed by atoms with Gasteiger partial charge in [-0.15, -0.1) is 0 Å². The lowest BCUT2D eigenvalue weighted by molar-refractivity contribution is 0.0208. The number of nitrogens with one attached hydrogen (secondary N) is 2. The number of imidazole rings is 2. The maximum Gasteiger partial charge on any atom is 0.410 e. The highest BCUT2D eigenvalue weighted by atomic mass is 32.1. The van der Waals surface area contributed by atoms with Crippen molar-refractivity contribution in [1.82, 2.24) is 29.7 Å². The second-order valence-corrected chi connectivity index (χ2v) is 14.2. The van der Waals surface area contributed by atoms with Crippen molar-refractivity contribution in [3.05, 3.63) is 71.4 Å².